The summed E-state index contributed by atoms with van der Waals surface area (Å²) in [5.74, 6) is -2.05. The van der Waals surface area contributed by atoms with Crippen LogP contribution in [0, 0.1) is 5.92 Å². The van der Waals surface area contributed by atoms with E-state index < -0.39 is 12.1 Å². The summed E-state index contributed by atoms with van der Waals surface area (Å²) in [4.78, 5) is 12.8. The van der Waals surface area contributed by atoms with Gasteiger partial charge in [0.15, 0.2) is 0 Å². The van der Waals surface area contributed by atoms with E-state index in [9.17, 15) is 13.2 Å². The van der Waals surface area contributed by atoms with Crippen LogP contribution in [0.3, 0.4) is 0 Å². The van der Waals surface area contributed by atoms with Crippen LogP contribution in [-0.4, -0.2) is 38.1 Å². The second kappa shape index (κ2) is 6.50. The molecule has 1 fully saturated rings. The van der Waals surface area contributed by atoms with Gasteiger partial charge in [0, 0.05) is 12.6 Å². The highest BCUT2D eigenvalue weighted by Crippen LogP contribution is 2.24. The van der Waals surface area contributed by atoms with Crippen molar-refractivity contribution in [1.29, 1.82) is 0 Å². The van der Waals surface area contributed by atoms with Gasteiger partial charge in [0.25, 0.3) is 0 Å². The van der Waals surface area contributed by atoms with E-state index in [1.165, 1.54) is 12.8 Å². The van der Waals surface area contributed by atoms with Crippen molar-refractivity contribution in [1.82, 2.24) is 14.8 Å². The van der Waals surface area contributed by atoms with E-state index in [0.29, 0.717) is 12.0 Å². The van der Waals surface area contributed by atoms with Crippen LogP contribution >= 0.6 is 0 Å². The van der Waals surface area contributed by atoms with Crippen molar-refractivity contribution in [2.75, 3.05) is 0 Å². The summed E-state index contributed by atoms with van der Waals surface area (Å²) in [6, 6.07) is 0.415. The summed E-state index contributed by atoms with van der Waals surface area (Å²) in [6.07, 6.45) is 1.80. The molecular weight excluding hydrogens is 265 g/mol. The Labute approximate surface area is 107 Å². The fourth-order valence-corrected chi connectivity index (χ4v) is 1.87. The molecule has 2 atom stereocenters. The van der Waals surface area contributed by atoms with Crippen molar-refractivity contribution >= 4 is 5.97 Å². The first-order chi connectivity index (χ1) is 8.79. The average Bonchev–Trinajstić information content (AvgIpc) is 2.90. The summed E-state index contributed by atoms with van der Waals surface area (Å²) in [6.45, 7) is 0.980. The third-order valence-corrected chi connectivity index (χ3v) is 2.74. The number of halogens is 3. The van der Waals surface area contributed by atoms with Gasteiger partial charge in [0.2, 0.25) is 0 Å². The molecule has 0 aliphatic heterocycles. The van der Waals surface area contributed by atoms with Crippen LogP contribution in [0.5, 0.6) is 0 Å². The first kappa shape index (κ1) is 15.4. The third kappa shape index (κ3) is 5.69. The zero-order chi connectivity index (χ0) is 14.5. The van der Waals surface area contributed by atoms with Crippen LogP contribution in [0.4, 0.5) is 13.2 Å². The molecule has 1 heterocycles. The van der Waals surface area contributed by atoms with Crippen LogP contribution in [0.2, 0.25) is 0 Å². The van der Waals surface area contributed by atoms with Crippen molar-refractivity contribution < 1.29 is 23.1 Å². The van der Waals surface area contributed by atoms with Crippen molar-refractivity contribution in [2.45, 2.75) is 38.0 Å². The molecule has 9 heteroatoms. The van der Waals surface area contributed by atoms with Gasteiger partial charge in [-0.15, -0.1) is 0 Å². The molecule has 1 saturated carbocycles. The molecule has 0 bridgehead atoms. The minimum absolute atomic E-state index is 0.415. The highest BCUT2D eigenvalue weighted by atomic mass is 19.4. The zero-order valence-electron chi connectivity index (χ0n) is 10.0. The molecule has 0 aromatic carbocycles. The van der Waals surface area contributed by atoms with E-state index in [0.717, 1.165) is 13.0 Å². The lowest BCUT2D eigenvalue weighted by molar-refractivity contribution is -0.192. The first-order valence-corrected chi connectivity index (χ1v) is 5.67. The van der Waals surface area contributed by atoms with Gasteiger partial charge in [-0.25, -0.2) is 9.78 Å². The molecule has 1 aromatic heterocycles. The second-order valence-corrected chi connectivity index (χ2v) is 4.36. The van der Waals surface area contributed by atoms with E-state index in [-0.39, 0.29) is 0 Å². The molecule has 6 nitrogen and oxygen atoms in total. The molecular formula is C10H15F3N4O2. The van der Waals surface area contributed by atoms with Gasteiger partial charge < -0.3 is 10.8 Å². The minimum atomic E-state index is -5.08. The van der Waals surface area contributed by atoms with Gasteiger partial charge in [0.1, 0.15) is 12.7 Å². The Morgan fingerprint density at radius 2 is 2.11 bits per heavy atom. The zero-order valence-corrected chi connectivity index (χ0v) is 10.0. The van der Waals surface area contributed by atoms with Crippen LogP contribution in [0.1, 0.15) is 19.3 Å². The summed E-state index contributed by atoms with van der Waals surface area (Å²) in [5, 5.41) is 11.2. The highest BCUT2D eigenvalue weighted by molar-refractivity contribution is 5.73. The second-order valence-electron chi connectivity index (χ2n) is 4.36. The van der Waals surface area contributed by atoms with Gasteiger partial charge in [-0.1, -0.05) is 0 Å². The van der Waals surface area contributed by atoms with Gasteiger partial charge in [0.05, 0.1) is 0 Å². The highest BCUT2D eigenvalue weighted by Gasteiger charge is 2.38. The van der Waals surface area contributed by atoms with Crippen LogP contribution < -0.4 is 5.73 Å². The SMILES string of the molecule is N[C@@H]1CC[C@@H](Cn2cncn2)C1.O=C(O)C(F)(F)F. The molecule has 19 heavy (non-hydrogen) atoms. The standard InChI is InChI=1S/C8H14N4.C2HF3O2/c9-8-2-1-7(3-8)4-12-6-10-5-11-12;3-2(4,5)1(6)7/h5-8H,1-4,9H2;(H,6,7)/t7-,8-;/m1./s1. The van der Waals surface area contributed by atoms with E-state index in [1.807, 2.05) is 4.68 Å². The molecule has 1 aromatic rings. The maximum Gasteiger partial charge on any atom is 0.490 e. The normalized spacial score (nSPS) is 22.7. The van der Waals surface area contributed by atoms with E-state index in [1.54, 1.807) is 12.7 Å². The molecule has 0 saturated heterocycles. The number of hydrogen-bond acceptors (Lipinski definition) is 4. The fraction of sp³-hybridized carbons (Fsp3) is 0.700. The van der Waals surface area contributed by atoms with Crippen molar-refractivity contribution in [3.8, 4) is 0 Å². The number of aromatic nitrogens is 3. The largest absolute Gasteiger partial charge is 0.490 e. The quantitative estimate of drug-likeness (QED) is 0.844. The molecule has 0 radical (unpaired) electrons. The Kier molecular flexibility index (Phi) is 5.28. The lowest BCUT2D eigenvalue weighted by atomic mass is 10.1. The smallest absolute Gasteiger partial charge is 0.475 e. The van der Waals surface area contributed by atoms with E-state index >= 15 is 0 Å². The first-order valence-electron chi connectivity index (χ1n) is 5.67. The Hall–Kier alpha value is -1.64. The molecule has 0 spiro atoms. The maximum atomic E-state index is 10.6. The van der Waals surface area contributed by atoms with Crippen LogP contribution in [-0.2, 0) is 11.3 Å². The fourth-order valence-electron chi connectivity index (χ4n) is 1.87. The number of carboxylic acids is 1. The monoisotopic (exact) mass is 280 g/mol. The molecule has 0 amide bonds. The van der Waals surface area contributed by atoms with Gasteiger partial charge in [-0.05, 0) is 25.2 Å². The number of nitrogens with zero attached hydrogens (tertiary/aromatic N) is 3. The van der Waals surface area contributed by atoms with E-state index in [4.69, 9.17) is 15.6 Å². The molecule has 2 rings (SSSR count). The molecule has 3 N–H and O–H groups in total. The molecule has 1 aliphatic carbocycles. The van der Waals surface area contributed by atoms with Gasteiger partial charge in [-0.3, -0.25) is 4.68 Å². The number of rotatable bonds is 2. The number of nitrogens with two attached hydrogens (primary N) is 1. The summed E-state index contributed by atoms with van der Waals surface area (Å²) in [7, 11) is 0. The van der Waals surface area contributed by atoms with Crippen molar-refractivity contribution in [2.24, 2.45) is 11.7 Å². The predicted octanol–water partition coefficient (Wildman–Crippen LogP) is 1.04. The lowest BCUT2D eigenvalue weighted by Gasteiger charge is -2.07. The summed E-state index contributed by atoms with van der Waals surface area (Å²) >= 11 is 0. The number of carboxylic acid groups (broad SMARTS) is 1. The van der Waals surface area contributed by atoms with Gasteiger partial charge in [-0.2, -0.15) is 18.3 Å². The molecule has 1 aliphatic rings. The summed E-state index contributed by atoms with van der Waals surface area (Å²) < 4.78 is 33.6. The summed E-state index contributed by atoms with van der Waals surface area (Å²) in [5.41, 5.74) is 5.81. The number of aliphatic carboxylic acids is 1. The van der Waals surface area contributed by atoms with Crippen molar-refractivity contribution in [3.63, 3.8) is 0 Å². The average molecular weight is 280 g/mol. The Morgan fingerprint density at radius 3 is 2.47 bits per heavy atom. The topological polar surface area (TPSA) is 94.0 Å². The van der Waals surface area contributed by atoms with E-state index in [2.05, 4.69) is 10.1 Å². The Balaban J connectivity index is 0.000000224. The predicted molar refractivity (Wildman–Crippen MR) is 59.0 cm³/mol. The third-order valence-electron chi connectivity index (χ3n) is 2.74. The van der Waals surface area contributed by atoms with Gasteiger partial charge >= 0.3 is 12.1 Å². The Bertz CT molecular complexity index is 394. The Morgan fingerprint density at radius 1 is 1.47 bits per heavy atom. The minimum Gasteiger partial charge on any atom is -0.475 e. The number of carbonyl (C=O) groups is 1. The number of alkyl halides is 3. The maximum absolute atomic E-state index is 10.6. The molecule has 0 unspecified atom stereocenters. The van der Waals surface area contributed by atoms with Crippen LogP contribution in [0.25, 0.3) is 0 Å². The molecule has 108 valence electrons. The van der Waals surface area contributed by atoms with Crippen molar-refractivity contribution in [3.05, 3.63) is 12.7 Å². The lowest BCUT2D eigenvalue weighted by Crippen LogP contribution is -2.21. The number of hydrogen-bond donors (Lipinski definition) is 2. The van der Waals surface area contributed by atoms with Crippen LogP contribution in [0.15, 0.2) is 12.7 Å².